The van der Waals surface area contributed by atoms with E-state index in [1.807, 2.05) is 19.3 Å². The number of fused-ring (bicyclic) bond motifs is 1. The van der Waals surface area contributed by atoms with Gasteiger partial charge in [0.15, 0.2) is 0 Å². The molecule has 0 aliphatic carbocycles. The van der Waals surface area contributed by atoms with E-state index < -0.39 is 0 Å². The Labute approximate surface area is 133 Å². The van der Waals surface area contributed by atoms with Crippen molar-refractivity contribution in [3.05, 3.63) is 30.0 Å². The lowest BCUT2D eigenvalue weighted by Gasteiger charge is -2.13. The van der Waals surface area contributed by atoms with Crippen LogP contribution < -0.4 is 5.32 Å². The van der Waals surface area contributed by atoms with Gasteiger partial charge in [-0.1, -0.05) is 12.8 Å². The number of nitrogens with zero attached hydrogens (tertiary/aromatic N) is 3. The van der Waals surface area contributed by atoms with E-state index in [4.69, 9.17) is 4.98 Å². The Morgan fingerprint density at radius 2 is 2.18 bits per heavy atom. The first kappa shape index (κ1) is 13.8. The summed E-state index contributed by atoms with van der Waals surface area (Å²) in [6, 6.07) is 2.45. The van der Waals surface area contributed by atoms with Gasteiger partial charge >= 0.3 is 0 Å². The number of H-pyrrole nitrogens is 1. The third-order valence-corrected chi connectivity index (χ3v) is 5.35. The van der Waals surface area contributed by atoms with Crippen LogP contribution in [-0.4, -0.2) is 26.7 Å². The molecule has 0 bridgehead atoms. The van der Waals surface area contributed by atoms with E-state index >= 15 is 0 Å². The predicted molar refractivity (Wildman–Crippen MR) is 88.9 cm³/mol. The second-order valence-electron chi connectivity index (χ2n) is 5.85. The van der Waals surface area contributed by atoms with Crippen molar-refractivity contribution in [2.24, 2.45) is 0 Å². The number of aryl methyl sites for hydroxylation is 1. The Balaban J connectivity index is 1.70. The normalized spacial score (nSPS) is 19.4. The number of aromatic amines is 1. The van der Waals surface area contributed by atoms with Crippen LogP contribution in [0.4, 0.5) is 0 Å². The Morgan fingerprint density at radius 1 is 1.23 bits per heavy atom. The molecule has 0 spiro atoms. The first-order chi connectivity index (χ1) is 10.8. The maximum atomic E-state index is 4.81. The highest BCUT2D eigenvalue weighted by atomic mass is 32.1. The van der Waals surface area contributed by atoms with Gasteiger partial charge in [0.05, 0.1) is 22.5 Å². The second kappa shape index (κ2) is 5.78. The van der Waals surface area contributed by atoms with Crippen LogP contribution in [0.15, 0.2) is 18.5 Å². The van der Waals surface area contributed by atoms with Crippen molar-refractivity contribution < 1.29 is 0 Å². The van der Waals surface area contributed by atoms with Gasteiger partial charge in [-0.25, -0.2) is 9.97 Å². The van der Waals surface area contributed by atoms with E-state index in [9.17, 15) is 0 Å². The molecule has 0 radical (unpaired) electrons. The van der Waals surface area contributed by atoms with Gasteiger partial charge in [-0.3, -0.25) is 5.10 Å². The smallest absolute Gasteiger partial charge is 0.145 e. The summed E-state index contributed by atoms with van der Waals surface area (Å²) in [6.07, 6.45) is 8.77. The molecule has 3 aromatic heterocycles. The summed E-state index contributed by atoms with van der Waals surface area (Å²) in [6.45, 7) is 3.11. The van der Waals surface area contributed by atoms with Crippen molar-refractivity contribution >= 4 is 21.6 Å². The molecule has 22 heavy (non-hydrogen) atoms. The van der Waals surface area contributed by atoms with Gasteiger partial charge in [-0.2, -0.15) is 5.10 Å². The number of aromatic nitrogens is 4. The quantitative estimate of drug-likeness (QED) is 0.758. The van der Waals surface area contributed by atoms with Gasteiger partial charge in [0.2, 0.25) is 0 Å². The zero-order valence-corrected chi connectivity index (χ0v) is 13.4. The Kier molecular flexibility index (Phi) is 3.63. The third-order valence-electron chi connectivity index (χ3n) is 4.26. The van der Waals surface area contributed by atoms with Crippen LogP contribution in [0.3, 0.4) is 0 Å². The summed E-state index contributed by atoms with van der Waals surface area (Å²) in [5.41, 5.74) is 3.28. The molecule has 0 aromatic carbocycles. The average Bonchev–Trinajstić information content (AvgIpc) is 3.03. The molecule has 1 aliphatic rings. The average molecular weight is 313 g/mol. The van der Waals surface area contributed by atoms with E-state index in [2.05, 4.69) is 26.6 Å². The predicted octanol–water partition coefficient (Wildman–Crippen LogP) is 3.59. The molecule has 0 saturated carbocycles. The molecule has 4 heterocycles. The fraction of sp³-hybridized carbons (Fsp3) is 0.438. The summed E-state index contributed by atoms with van der Waals surface area (Å²) in [5.74, 6) is 0.933. The van der Waals surface area contributed by atoms with Gasteiger partial charge in [0.1, 0.15) is 5.82 Å². The topological polar surface area (TPSA) is 66.5 Å². The number of thiophene rings is 1. The number of nitrogens with one attached hydrogen (secondary N) is 2. The van der Waals surface area contributed by atoms with E-state index in [1.165, 1.54) is 24.1 Å². The highest BCUT2D eigenvalue weighted by Gasteiger charge is 2.17. The Morgan fingerprint density at radius 3 is 3.05 bits per heavy atom. The van der Waals surface area contributed by atoms with Gasteiger partial charge in [0, 0.05) is 22.3 Å². The zero-order valence-electron chi connectivity index (χ0n) is 12.6. The van der Waals surface area contributed by atoms with Crippen molar-refractivity contribution in [1.29, 1.82) is 0 Å². The summed E-state index contributed by atoms with van der Waals surface area (Å²) in [4.78, 5) is 10.6. The van der Waals surface area contributed by atoms with E-state index in [0.717, 1.165) is 40.3 Å². The molecular formula is C16H19N5S. The van der Waals surface area contributed by atoms with E-state index in [1.54, 1.807) is 11.3 Å². The lowest BCUT2D eigenvalue weighted by Crippen LogP contribution is -2.22. The number of hydrogen-bond donors (Lipinski definition) is 2. The number of hydrogen-bond acceptors (Lipinski definition) is 5. The van der Waals surface area contributed by atoms with Gasteiger partial charge in [0.25, 0.3) is 0 Å². The molecule has 114 valence electrons. The zero-order chi connectivity index (χ0) is 14.9. The first-order valence-electron chi connectivity index (χ1n) is 7.81. The minimum atomic E-state index is 0.297. The maximum Gasteiger partial charge on any atom is 0.145 e. The van der Waals surface area contributed by atoms with Crippen molar-refractivity contribution in [2.45, 2.75) is 38.6 Å². The molecule has 0 amide bonds. The molecule has 5 nitrogen and oxygen atoms in total. The SMILES string of the molecule is Cc1[nH]ncc1-c1cc2nc([C@@H]3CCCCCN3)ncc2s1. The minimum absolute atomic E-state index is 0.297. The van der Waals surface area contributed by atoms with Crippen LogP contribution in [0.25, 0.3) is 20.7 Å². The Hall–Kier alpha value is -1.79. The van der Waals surface area contributed by atoms with Gasteiger partial charge < -0.3 is 5.32 Å². The molecule has 4 rings (SSSR count). The highest BCUT2D eigenvalue weighted by Crippen LogP contribution is 2.34. The van der Waals surface area contributed by atoms with E-state index in [0.29, 0.717) is 6.04 Å². The molecule has 0 unspecified atom stereocenters. The minimum Gasteiger partial charge on any atom is -0.307 e. The Bertz CT molecular complexity index is 783. The summed E-state index contributed by atoms with van der Waals surface area (Å²) < 4.78 is 1.13. The van der Waals surface area contributed by atoms with Crippen molar-refractivity contribution in [3.63, 3.8) is 0 Å². The van der Waals surface area contributed by atoms with Gasteiger partial charge in [-0.15, -0.1) is 11.3 Å². The molecule has 3 aromatic rings. The fourth-order valence-electron chi connectivity index (χ4n) is 3.00. The molecule has 1 aliphatic heterocycles. The lowest BCUT2D eigenvalue weighted by atomic mass is 10.1. The summed E-state index contributed by atoms with van der Waals surface area (Å²) in [7, 11) is 0. The maximum absolute atomic E-state index is 4.81. The summed E-state index contributed by atoms with van der Waals surface area (Å²) in [5, 5.41) is 10.7. The van der Waals surface area contributed by atoms with Crippen LogP contribution in [-0.2, 0) is 0 Å². The molecular weight excluding hydrogens is 294 g/mol. The highest BCUT2D eigenvalue weighted by molar-refractivity contribution is 7.22. The third kappa shape index (κ3) is 2.53. The standard InChI is InChI=1S/C16H19N5S/c1-10-11(8-19-21-10)14-7-13-15(22-14)9-18-16(20-13)12-5-3-2-4-6-17-12/h7-9,12,17H,2-6H2,1H3,(H,19,21)/t12-/m0/s1. The van der Waals surface area contributed by atoms with Crippen LogP contribution in [0.2, 0.25) is 0 Å². The fourth-order valence-corrected chi connectivity index (χ4v) is 4.04. The van der Waals surface area contributed by atoms with E-state index in [-0.39, 0.29) is 0 Å². The first-order valence-corrected chi connectivity index (χ1v) is 8.63. The second-order valence-corrected chi connectivity index (χ2v) is 6.94. The molecule has 1 saturated heterocycles. The van der Waals surface area contributed by atoms with Crippen molar-refractivity contribution in [1.82, 2.24) is 25.5 Å². The lowest BCUT2D eigenvalue weighted by molar-refractivity contribution is 0.509. The van der Waals surface area contributed by atoms with Crippen LogP contribution in [0.1, 0.15) is 43.2 Å². The largest absolute Gasteiger partial charge is 0.307 e. The number of rotatable bonds is 2. The summed E-state index contributed by atoms with van der Waals surface area (Å²) >= 11 is 1.72. The van der Waals surface area contributed by atoms with Crippen LogP contribution in [0.5, 0.6) is 0 Å². The monoisotopic (exact) mass is 313 g/mol. The van der Waals surface area contributed by atoms with Crippen LogP contribution >= 0.6 is 11.3 Å². The molecule has 2 N–H and O–H groups in total. The molecule has 1 atom stereocenters. The van der Waals surface area contributed by atoms with Crippen molar-refractivity contribution in [2.75, 3.05) is 6.54 Å². The van der Waals surface area contributed by atoms with Gasteiger partial charge in [-0.05, 0) is 32.4 Å². The van der Waals surface area contributed by atoms with Crippen LogP contribution in [0, 0.1) is 6.92 Å². The molecule has 1 fully saturated rings. The van der Waals surface area contributed by atoms with Crippen molar-refractivity contribution in [3.8, 4) is 10.4 Å². The molecule has 6 heteroatoms.